The summed E-state index contributed by atoms with van der Waals surface area (Å²) in [6.07, 6.45) is 4.17. The quantitative estimate of drug-likeness (QED) is 0.800. The number of benzene rings is 1. The fraction of sp³-hybridized carbons (Fsp3) is 0.455. The summed E-state index contributed by atoms with van der Waals surface area (Å²) in [6.45, 7) is 0.736. The fourth-order valence-electron chi connectivity index (χ4n) is 1.34. The maximum atomic E-state index is 12.2. The van der Waals surface area contributed by atoms with Gasteiger partial charge in [-0.1, -0.05) is 0 Å². The van der Waals surface area contributed by atoms with E-state index in [-0.39, 0.29) is 0 Å². The van der Waals surface area contributed by atoms with Gasteiger partial charge in [-0.25, -0.2) is 8.57 Å². The third kappa shape index (κ3) is 2.72. The van der Waals surface area contributed by atoms with Crippen LogP contribution in [0.15, 0.2) is 33.5 Å². The summed E-state index contributed by atoms with van der Waals surface area (Å²) in [4.78, 5) is 0.775. The Labute approximate surface area is 90.9 Å². The van der Waals surface area contributed by atoms with Gasteiger partial charge >= 0.3 is 0 Å². The van der Waals surface area contributed by atoms with Crippen LogP contribution in [0.2, 0.25) is 0 Å². The SMILES string of the molecule is CS(=O)(=NCC1CC1)c1ccc(N)cc1. The van der Waals surface area contributed by atoms with Crippen molar-refractivity contribution in [2.45, 2.75) is 17.7 Å². The van der Waals surface area contributed by atoms with Gasteiger partial charge in [0.2, 0.25) is 0 Å². The average molecular weight is 224 g/mol. The minimum atomic E-state index is -2.21. The minimum Gasteiger partial charge on any atom is -0.399 e. The van der Waals surface area contributed by atoms with Gasteiger partial charge in [0.05, 0.1) is 16.3 Å². The molecule has 0 aliphatic heterocycles. The third-order valence-electron chi connectivity index (χ3n) is 2.59. The van der Waals surface area contributed by atoms with Gasteiger partial charge in [-0.05, 0) is 43.0 Å². The lowest BCUT2D eigenvalue weighted by molar-refractivity contribution is 0.676. The number of hydrogen-bond donors (Lipinski definition) is 1. The van der Waals surface area contributed by atoms with Crippen LogP contribution in [0, 0.1) is 5.92 Å². The lowest BCUT2D eigenvalue weighted by Crippen LogP contribution is -2.00. The van der Waals surface area contributed by atoms with E-state index in [1.807, 2.05) is 0 Å². The maximum absolute atomic E-state index is 12.2. The van der Waals surface area contributed by atoms with Crippen LogP contribution in [0.5, 0.6) is 0 Å². The Morgan fingerprint density at radius 2 is 2.00 bits per heavy atom. The van der Waals surface area contributed by atoms with Crippen LogP contribution in [0.25, 0.3) is 0 Å². The first kappa shape index (κ1) is 10.5. The molecule has 1 aromatic rings. The van der Waals surface area contributed by atoms with Crippen molar-refractivity contribution in [1.29, 1.82) is 0 Å². The first-order chi connectivity index (χ1) is 7.08. The van der Waals surface area contributed by atoms with Crippen LogP contribution >= 0.6 is 0 Å². The third-order valence-corrected chi connectivity index (χ3v) is 4.38. The van der Waals surface area contributed by atoms with Crippen molar-refractivity contribution in [1.82, 2.24) is 0 Å². The zero-order chi connectivity index (χ0) is 10.9. The normalized spacial score (nSPS) is 19.5. The molecular weight excluding hydrogens is 208 g/mol. The Balaban J connectivity index is 2.23. The molecule has 0 heterocycles. The van der Waals surface area contributed by atoms with Gasteiger partial charge in [0, 0.05) is 16.8 Å². The monoisotopic (exact) mass is 224 g/mol. The van der Waals surface area contributed by atoms with Crippen molar-refractivity contribution in [3.8, 4) is 0 Å². The topological polar surface area (TPSA) is 55.5 Å². The highest BCUT2D eigenvalue weighted by Gasteiger charge is 2.21. The zero-order valence-corrected chi connectivity index (χ0v) is 9.67. The summed E-state index contributed by atoms with van der Waals surface area (Å²) in [5.41, 5.74) is 6.27. The molecule has 1 aliphatic carbocycles. The Kier molecular flexibility index (Phi) is 2.69. The van der Waals surface area contributed by atoms with Gasteiger partial charge in [0.15, 0.2) is 0 Å². The van der Waals surface area contributed by atoms with Gasteiger partial charge < -0.3 is 5.73 Å². The van der Waals surface area contributed by atoms with Crippen molar-refractivity contribution >= 4 is 15.4 Å². The second-order valence-corrected chi connectivity index (χ2v) is 6.46. The molecule has 1 aromatic carbocycles. The van der Waals surface area contributed by atoms with E-state index in [0.29, 0.717) is 11.6 Å². The average Bonchev–Trinajstić information content (AvgIpc) is 2.99. The predicted octanol–water partition coefficient (Wildman–Crippen LogP) is 2.14. The second kappa shape index (κ2) is 3.85. The standard InChI is InChI=1S/C11H16N2OS/c1-15(14,13-8-9-2-3-9)11-6-4-10(12)5-7-11/h4-7,9H,2-3,8,12H2,1H3. The molecule has 4 heteroatoms. The van der Waals surface area contributed by atoms with Crippen LogP contribution in [0.4, 0.5) is 5.69 Å². The van der Waals surface area contributed by atoms with E-state index in [1.165, 1.54) is 12.8 Å². The first-order valence-corrected chi connectivity index (χ1v) is 7.04. The van der Waals surface area contributed by atoms with Crippen LogP contribution in [-0.2, 0) is 9.73 Å². The predicted molar refractivity (Wildman–Crippen MR) is 63.2 cm³/mol. The molecule has 0 saturated heterocycles. The van der Waals surface area contributed by atoms with Gasteiger partial charge in [-0.3, -0.25) is 0 Å². The summed E-state index contributed by atoms with van der Waals surface area (Å²) in [5.74, 6) is 0.680. The van der Waals surface area contributed by atoms with E-state index in [9.17, 15) is 4.21 Å². The lowest BCUT2D eigenvalue weighted by Gasteiger charge is -2.04. The van der Waals surface area contributed by atoms with Crippen LogP contribution in [-0.4, -0.2) is 17.0 Å². The smallest absolute Gasteiger partial charge is 0.0723 e. The van der Waals surface area contributed by atoms with Crippen LogP contribution in [0.3, 0.4) is 0 Å². The van der Waals surface area contributed by atoms with Crippen molar-refractivity contribution in [2.24, 2.45) is 10.3 Å². The summed E-state index contributed by atoms with van der Waals surface area (Å²) in [5, 5.41) is 0. The van der Waals surface area contributed by atoms with E-state index in [1.54, 1.807) is 30.5 Å². The van der Waals surface area contributed by atoms with Crippen LogP contribution in [0.1, 0.15) is 12.8 Å². The molecule has 0 aromatic heterocycles. The van der Waals surface area contributed by atoms with Crippen LogP contribution < -0.4 is 5.73 Å². The van der Waals surface area contributed by atoms with Gasteiger partial charge in [0.25, 0.3) is 0 Å². The number of nitrogens with two attached hydrogens (primary N) is 1. The molecule has 0 radical (unpaired) electrons. The number of anilines is 1. The Hall–Kier alpha value is -1.03. The molecule has 1 saturated carbocycles. The summed E-state index contributed by atoms with van der Waals surface area (Å²) < 4.78 is 16.5. The van der Waals surface area contributed by atoms with Gasteiger partial charge in [-0.2, -0.15) is 0 Å². The molecule has 82 valence electrons. The van der Waals surface area contributed by atoms with E-state index in [0.717, 1.165) is 11.4 Å². The largest absolute Gasteiger partial charge is 0.399 e. The lowest BCUT2D eigenvalue weighted by atomic mass is 10.3. The summed E-state index contributed by atoms with van der Waals surface area (Å²) >= 11 is 0. The summed E-state index contributed by atoms with van der Waals surface area (Å²) in [7, 11) is -2.21. The Morgan fingerprint density at radius 1 is 1.40 bits per heavy atom. The molecule has 1 fully saturated rings. The first-order valence-electron chi connectivity index (χ1n) is 5.11. The molecule has 2 N–H and O–H groups in total. The zero-order valence-electron chi connectivity index (χ0n) is 8.85. The van der Waals surface area contributed by atoms with E-state index in [2.05, 4.69) is 4.36 Å². The highest BCUT2D eigenvalue weighted by Crippen LogP contribution is 2.29. The molecule has 1 aliphatic rings. The van der Waals surface area contributed by atoms with Crippen molar-refractivity contribution < 1.29 is 4.21 Å². The fourth-order valence-corrected chi connectivity index (χ4v) is 2.63. The highest BCUT2D eigenvalue weighted by molar-refractivity contribution is 7.93. The molecule has 1 atom stereocenters. The second-order valence-electron chi connectivity index (χ2n) is 4.13. The number of rotatable bonds is 3. The number of nitrogens with zero attached hydrogens (tertiary/aromatic N) is 1. The minimum absolute atomic E-state index is 0.680. The maximum Gasteiger partial charge on any atom is 0.0723 e. The Bertz CT molecular complexity index is 454. The molecule has 1 unspecified atom stereocenters. The number of nitrogen functional groups attached to an aromatic ring is 1. The van der Waals surface area contributed by atoms with Crippen molar-refractivity contribution in [3.05, 3.63) is 24.3 Å². The molecular formula is C11H16N2OS. The van der Waals surface area contributed by atoms with E-state index < -0.39 is 9.73 Å². The number of hydrogen-bond acceptors (Lipinski definition) is 3. The molecule has 15 heavy (non-hydrogen) atoms. The van der Waals surface area contributed by atoms with Gasteiger partial charge in [-0.15, -0.1) is 0 Å². The summed E-state index contributed by atoms with van der Waals surface area (Å²) in [6, 6.07) is 7.14. The molecule has 3 nitrogen and oxygen atoms in total. The van der Waals surface area contributed by atoms with Gasteiger partial charge in [0.1, 0.15) is 0 Å². The van der Waals surface area contributed by atoms with E-state index >= 15 is 0 Å². The van der Waals surface area contributed by atoms with Crippen molar-refractivity contribution in [2.75, 3.05) is 18.5 Å². The molecule has 2 rings (SSSR count). The van der Waals surface area contributed by atoms with Crippen molar-refractivity contribution in [3.63, 3.8) is 0 Å². The van der Waals surface area contributed by atoms with E-state index in [4.69, 9.17) is 5.73 Å². The molecule has 0 amide bonds. The molecule has 0 bridgehead atoms. The highest BCUT2D eigenvalue weighted by atomic mass is 32.2. The Morgan fingerprint density at radius 3 is 2.53 bits per heavy atom. The molecule has 0 spiro atoms.